The van der Waals surface area contributed by atoms with Crippen LogP contribution < -0.4 is 5.32 Å². The van der Waals surface area contributed by atoms with Crippen LogP contribution in [0.4, 0.5) is 0 Å². The molecule has 0 saturated carbocycles. The van der Waals surface area contributed by atoms with Crippen LogP contribution in [0.1, 0.15) is 39.3 Å². The Morgan fingerprint density at radius 1 is 1.24 bits per heavy atom. The number of amides is 1. The fourth-order valence-electron chi connectivity index (χ4n) is 3.48. The summed E-state index contributed by atoms with van der Waals surface area (Å²) in [7, 11) is 0. The van der Waals surface area contributed by atoms with Crippen LogP contribution in [0.5, 0.6) is 0 Å². The summed E-state index contributed by atoms with van der Waals surface area (Å²) in [6.07, 6.45) is 3.15. The predicted octanol–water partition coefficient (Wildman–Crippen LogP) is 3.60. The van der Waals surface area contributed by atoms with Gasteiger partial charge in [-0.05, 0) is 43.0 Å². The number of piperidine rings is 1. The highest BCUT2D eigenvalue weighted by Gasteiger charge is 2.18. The van der Waals surface area contributed by atoms with Crippen LogP contribution >= 0.6 is 11.3 Å². The van der Waals surface area contributed by atoms with Crippen LogP contribution in [0, 0.1) is 6.92 Å². The Hall–Kier alpha value is -2.48. The summed E-state index contributed by atoms with van der Waals surface area (Å²) in [6.45, 7) is 5.13. The number of benzene rings is 1. The molecule has 4 rings (SSSR count). The number of carbonyl (C=O) groups is 1. The van der Waals surface area contributed by atoms with E-state index in [0.717, 1.165) is 42.9 Å². The normalized spacial score (nSPS) is 15.5. The number of likely N-dealkylation sites (tertiary alicyclic amines) is 1. The molecule has 1 saturated heterocycles. The fourth-order valence-corrected chi connectivity index (χ4v) is 4.36. The van der Waals surface area contributed by atoms with Crippen molar-refractivity contribution in [3.05, 3.63) is 64.4 Å². The maximum atomic E-state index is 12.6. The van der Waals surface area contributed by atoms with Crippen molar-refractivity contribution in [1.82, 2.24) is 15.2 Å². The van der Waals surface area contributed by atoms with Gasteiger partial charge < -0.3 is 14.8 Å². The summed E-state index contributed by atoms with van der Waals surface area (Å²) in [6, 6.07) is 12.0. The van der Waals surface area contributed by atoms with Crippen LogP contribution in [0.3, 0.4) is 0 Å². The van der Waals surface area contributed by atoms with Crippen LogP contribution in [-0.4, -0.2) is 40.1 Å². The Kier molecular flexibility index (Phi) is 6.08. The average Bonchev–Trinajstić information content (AvgIpc) is 3.39. The maximum absolute atomic E-state index is 12.6. The summed E-state index contributed by atoms with van der Waals surface area (Å²) in [5.74, 6) is 0.503. The summed E-state index contributed by atoms with van der Waals surface area (Å²) in [5, 5.41) is 13.3. The van der Waals surface area contributed by atoms with E-state index >= 15 is 0 Å². The molecule has 0 aliphatic carbocycles. The summed E-state index contributed by atoms with van der Waals surface area (Å²) in [5.41, 5.74) is 2.75. The molecular weight excluding hydrogens is 386 g/mol. The smallest absolute Gasteiger partial charge is 0.271 e. The number of hydrogen-bond acceptors (Lipinski definition) is 6. The molecule has 3 aromatic rings. The third-order valence-electron chi connectivity index (χ3n) is 5.18. The predicted molar refractivity (Wildman–Crippen MR) is 113 cm³/mol. The van der Waals surface area contributed by atoms with Crippen molar-refractivity contribution in [2.45, 2.75) is 39.0 Å². The zero-order valence-electron chi connectivity index (χ0n) is 16.4. The number of hydrogen-bond donors (Lipinski definition) is 2. The highest BCUT2D eigenvalue weighted by molar-refractivity contribution is 7.15. The second-order valence-corrected chi connectivity index (χ2v) is 8.61. The number of nitrogens with one attached hydrogen (secondary N) is 1. The second kappa shape index (κ2) is 8.90. The highest BCUT2D eigenvalue weighted by Crippen LogP contribution is 2.27. The molecule has 0 radical (unpaired) electrons. The van der Waals surface area contributed by atoms with Gasteiger partial charge in [-0.25, -0.2) is 4.98 Å². The number of aromatic nitrogens is 1. The Labute approximate surface area is 174 Å². The van der Waals surface area contributed by atoms with Gasteiger partial charge in [0, 0.05) is 31.1 Å². The lowest BCUT2D eigenvalue weighted by molar-refractivity contribution is 0.0792. The molecule has 152 valence electrons. The van der Waals surface area contributed by atoms with Crippen LogP contribution in [0.2, 0.25) is 0 Å². The molecule has 7 heteroatoms. The van der Waals surface area contributed by atoms with Gasteiger partial charge in [-0.2, -0.15) is 0 Å². The Balaban J connectivity index is 1.31. The first kappa shape index (κ1) is 19.8. The SMILES string of the molecule is Cc1sc(-c2ccco2)nc1C(=O)NCc1ccc(CN2CCC(O)CC2)cc1. The molecule has 1 amide bonds. The van der Waals surface area contributed by atoms with Crippen molar-refractivity contribution in [2.24, 2.45) is 0 Å². The van der Waals surface area contributed by atoms with Gasteiger partial charge in [0.1, 0.15) is 5.69 Å². The van der Waals surface area contributed by atoms with Crippen molar-refractivity contribution in [3.8, 4) is 10.8 Å². The van der Waals surface area contributed by atoms with Crippen molar-refractivity contribution in [2.75, 3.05) is 13.1 Å². The molecule has 0 unspecified atom stereocenters. The van der Waals surface area contributed by atoms with E-state index < -0.39 is 0 Å². The zero-order chi connectivity index (χ0) is 20.2. The minimum Gasteiger partial charge on any atom is -0.462 e. The summed E-state index contributed by atoms with van der Waals surface area (Å²) in [4.78, 5) is 20.2. The number of thiazole rings is 1. The minimum absolute atomic E-state index is 0.145. The standard InChI is InChI=1S/C22H25N3O3S/c1-15-20(24-22(29-15)19-3-2-12-28-19)21(27)23-13-16-4-6-17(7-5-16)14-25-10-8-18(26)9-11-25/h2-7,12,18,26H,8-11,13-14H2,1H3,(H,23,27). The van der Waals surface area contributed by atoms with Gasteiger partial charge in [0.25, 0.3) is 5.91 Å². The third kappa shape index (κ3) is 4.93. The van der Waals surface area contributed by atoms with Gasteiger partial charge in [0.15, 0.2) is 10.8 Å². The van der Waals surface area contributed by atoms with E-state index in [0.29, 0.717) is 23.0 Å². The molecule has 1 fully saturated rings. The van der Waals surface area contributed by atoms with Crippen molar-refractivity contribution >= 4 is 17.2 Å². The lowest BCUT2D eigenvalue weighted by Crippen LogP contribution is -2.35. The number of aryl methyl sites for hydroxylation is 1. The van der Waals surface area contributed by atoms with Gasteiger partial charge in [-0.15, -0.1) is 11.3 Å². The van der Waals surface area contributed by atoms with Gasteiger partial charge in [-0.3, -0.25) is 9.69 Å². The quantitative estimate of drug-likeness (QED) is 0.648. The number of furan rings is 1. The molecule has 2 N–H and O–H groups in total. The zero-order valence-corrected chi connectivity index (χ0v) is 17.2. The summed E-state index contributed by atoms with van der Waals surface area (Å²) >= 11 is 1.45. The van der Waals surface area contributed by atoms with Crippen LogP contribution in [0.15, 0.2) is 47.1 Å². The second-order valence-electron chi connectivity index (χ2n) is 7.41. The number of aliphatic hydroxyl groups excluding tert-OH is 1. The lowest BCUT2D eigenvalue weighted by atomic mass is 10.1. The molecule has 0 bridgehead atoms. The molecule has 1 aromatic carbocycles. The molecule has 29 heavy (non-hydrogen) atoms. The number of nitrogens with zero attached hydrogens (tertiary/aromatic N) is 2. The first-order chi connectivity index (χ1) is 14.1. The molecule has 2 aromatic heterocycles. The molecule has 0 spiro atoms. The van der Waals surface area contributed by atoms with Crippen LogP contribution in [-0.2, 0) is 13.1 Å². The molecule has 1 aliphatic rings. The fraction of sp³-hybridized carbons (Fsp3) is 0.364. The van der Waals surface area contributed by atoms with E-state index in [1.54, 1.807) is 6.26 Å². The molecule has 0 atom stereocenters. The van der Waals surface area contributed by atoms with E-state index in [1.807, 2.05) is 19.1 Å². The number of aliphatic hydroxyl groups is 1. The first-order valence-electron chi connectivity index (χ1n) is 9.86. The van der Waals surface area contributed by atoms with E-state index in [9.17, 15) is 9.90 Å². The number of rotatable bonds is 6. The van der Waals surface area contributed by atoms with Crippen molar-refractivity contribution < 1.29 is 14.3 Å². The topological polar surface area (TPSA) is 78.6 Å². The Bertz CT molecular complexity index is 942. The highest BCUT2D eigenvalue weighted by atomic mass is 32.1. The van der Waals surface area contributed by atoms with Crippen LogP contribution in [0.25, 0.3) is 10.8 Å². The minimum atomic E-state index is -0.174. The largest absolute Gasteiger partial charge is 0.462 e. The van der Waals surface area contributed by atoms with E-state index in [1.165, 1.54) is 16.9 Å². The third-order valence-corrected chi connectivity index (χ3v) is 6.17. The monoisotopic (exact) mass is 411 g/mol. The average molecular weight is 412 g/mol. The first-order valence-corrected chi connectivity index (χ1v) is 10.7. The Morgan fingerprint density at radius 3 is 2.66 bits per heavy atom. The molecule has 3 heterocycles. The van der Waals surface area contributed by atoms with Gasteiger partial charge in [-0.1, -0.05) is 24.3 Å². The molecule has 1 aliphatic heterocycles. The Morgan fingerprint density at radius 2 is 1.97 bits per heavy atom. The van der Waals surface area contributed by atoms with E-state index in [4.69, 9.17) is 4.42 Å². The van der Waals surface area contributed by atoms with Gasteiger partial charge in [0.2, 0.25) is 0 Å². The van der Waals surface area contributed by atoms with E-state index in [2.05, 4.69) is 39.5 Å². The molecule has 6 nitrogen and oxygen atoms in total. The summed E-state index contributed by atoms with van der Waals surface area (Å²) < 4.78 is 5.37. The number of carbonyl (C=O) groups excluding carboxylic acids is 1. The van der Waals surface area contributed by atoms with Crippen molar-refractivity contribution in [1.29, 1.82) is 0 Å². The molecular formula is C22H25N3O3S. The van der Waals surface area contributed by atoms with E-state index in [-0.39, 0.29) is 12.0 Å². The lowest BCUT2D eigenvalue weighted by Gasteiger charge is -2.29. The van der Waals surface area contributed by atoms with Crippen molar-refractivity contribution in [3.63, 3.8) is 0 Å². The maximum Gasteiger partial charge on any atom is 0.271 e. The van der Waals surface area contributed by atoms with Gasteiger partial charge in [0.05, 0.1) is 12.4 Å². The van der Waals surface area contributed by atoms with Gasteiger partial charge >= 0.3 is 0 Å².